The number of hydrogen-bond acceptors (Lipinski definition) is 2. The lowest BCUT2D eigenvalue weighted by Gasteiger charge is -2.19. The SMILES string of the molecule is CC(=O)CC(Nc1ccccc1)c1ccc(Cl)cc1. The van der Waals surface area contributed by atoms with Crippen LogP contribution in [-0.4, -0.2) is 5.78 Å². The quantitative estimate of drug-likeness (QED) is 0.871. The van der Waals surface area contributed by atoms with Gasteiger partial charge in [-0.2, -0.15) is 0 Å². The number of Topliss-reactive ketones (excluding diaryl/α,β-unsaturated/α-hetero) is 1. The fourth-order valence-electron chi connectivity index (χ4n) is 1.97. The molecule has 2 nitrogen and oxygen atoms in total. The van der Waals surface area contributed by atoms with E-state index in [4.69, 9.17) is 11.6 Å². The van der Waals surface area contributed by atoms with E-state index in [-0.39, 0.29) is 11.8 Å². The zero-order valence-corrected chi connectivity index (χ0v) is 11.5. The maximum absolute atomic E-state index is 11.4. The molecule has 0 aliphatic rings. The average molecular weight is 274 g/mol. The fourth-order valence-corrected chi connectivity index (χ4v) is 2.10. The van der Waals surface area contributed by atoms with Gasteiger partial charge in [0.15, 0.2) is 0 Å². The number of benzene rings is 2. The number of rotatable bonds is 5. The van der Waals surface area contributed by atoms with Gasteiger partial charge in [0.1, 0.15) is 5.78 Å². The van der Waals surface area contributed by atoms with E-state index in [1.165, 1.54) is 0 Å². The highest BCUT2D eigenvalue weighted by Crippen LogP contribution is 2.24. The lowest BCUT2D eigenvalue weighted by Crippen LogP contribution is -2.14. The summed E-state index contributed by atoms with van der Waals surface area (Å²) in [5.41, 5.74) is 2.06. The summed E-state index contributed by atoms with van der Waals surface area (Å²) in [6.45, 7) is 1.61. The van der Waals surface area contributed by atoms with Crippen LogP contribution in [0, 0.1) is 0 Å². The average Bonchev–Trinajstić information content (AvgIpc) is 2.39. The van der Waals surface area contributed by atoms with Crippen LogP contribution in [0.15, 0.2) is 54.6 Å². The molecule has 2 aromatic rings. The van der Waals surface area contributed by atoms with Crippen LogP contribution in [0.3, 0.4) is 0 Å². The molecule has 0 saturated heterocycles. The Bertz CT molecular complexity index is 536. The molecule has 0 amide bonds. The van der Waals surface area contributed by atoms with Crippen molar-refractivity contribution in [3.8, 4) is 0 Å². The van der Waals surface area contributed by atoms with E-state index in [1.807, 2.05) is 54.6 Å². The van der Waals surface area contributed by atoms with Crippen LogP contribution in [-0.2, 0) is 4.79 Å². The second kappa shape index (κ2) is 6.39. The molecule has 1 N–H and O–H groups in total. The van der Waals surface area contributed by atoms with Crippen LogP contribution >= 0.6 is 11.6 Å². The van der Waals surface area contributed by atoms with Crippen molar-refractivity contribution in [3.05, 3.63) is 65.2 Å². The number of carbonyl (C=O) groups is 1. The number of para-hydroxylation sites is 1. The van der Waals surface area contributed by atoms with Crippen molar-refractivity contribution in [2.45, 2.75) is 19.4 Å². The van der Waals surface area contributed by atoms with Crippen molar-refractivity contribution in [1.82, 2.24) is 0 Å². The largest absolute Gasteiger partial charge is 0.378 e. The third kappa shape index (κ3) is 4.11. The number of hydrogen-bond donors (Lipinski definition) is 1. The Balaban J connectivity index is 2.20. The molecule has 2 aromatic carbocycles. The van der Waals surface area contributed by atoms with E-state index >= 15 is 0 Å². The van der Waals surface area contributed by atoms with Gasteiger partial charge in [-0.15, -0.1) is 0 Å². The molecule has 3 heteroatoms. The lowest BCUT2D eigenvalue weighted by molar-refractivity contribution is -0.117. The molecule has 0 spiro atoms. The Morgan fingerprint density at radius 3 is 2.32 bits per heavy atom. The van der Waals surface area contributed by atoms with Crippen molar-refractivity contribution < 1.29 is 4.79 Å². The molecular formula is C16H16ClNO. The maximum Gasteiger partial charge on any atom is 0.132 e. The van der Waals surface area contributed by atoms with Crippen LogP contribution in [0.5, 0.6) is 0 Å². The second-order valence-corrected chi connectivity index (χ2v) is 4.96. The second-order valence-electron chi connectivity index (χ2n) is 4.52. The molecule has 0 fully saturated rings. The van der Waals surface area contributed by atoms with Crippen LogP contribution in [0.4, 0.5) is 5.69 Å². The molecule has 0 heterocycles. The summed E-state index contributed by atoms with van der Waals surface area (Å²) in [4.78, 5) is 11.4. The van der Waals surface area contributed by atoms with Gasteiger partial charge in [-0.3, -0.25) is 4.79 Å². The number of anilines is 1. The van der Waals surface area contributed by atoms with Crippen molar-refractivity contribution in [3.63, 3.8) is 0 Å². The highest BCUT2D eigenvalue weighted by Gasteiger charge is 2.13. The molecule has 0 bridgehead atoms. The van der Waals surface area contributed by atoms with Crippen molar-refractivity contribution >= 4 is 23.1 Å². The van der Waals surface area contributed by atoms with Crippen molar-refractivity contribution in [2.75, 3.05) is 5.32 Å². The third-order valence-corrected chi connectivity index (χ3v) is 3.13. The highest BCUT2D eigenvalue weighted by molar-refractivity contribution is 6.30. The Kier molecular flexibility index (Phi) is 4.58. The van der Waals surface area contributed by atoms with Gasteiger partial charge in [0.25, 0.3) is 0 Å². The molecule has 0 aliphatic heterocycles. The third-order valence-electron chi connectivity index (χ3n) is 2.88. The summed E-state index contributed by atoms with van der Waals surface area (Å²) < 4.78 is 0. The van der Waals surface area contributed by atoms with Crippen LogP contribution < -0.4 is 5.32 Å². The highest BCUT2D eigenvalue weighted by atomic mass is 35.5. The topological polar surface area (TPSA) is 29.1 Å². The molecule has 2 rings (SSSR count). The van der Waals surface area contributed by atoms with E-state index in [2.05, 4.69) is 5.32 Å². The minimum Gasteiger partial charge on any atom is -0.378 e. The van der Waals surface area contributed by atoms with E-state index in [0.29, 0.717) is 11.4 Å². The predicted octanol–water partition coefficient (Wildman–Crippen LogP) is 4.47. The normalized spacial score (nSPS) is 11.9. The first-order valence-electron chi connectivity index (χ1n) is 6.21. The zero-order chi connectivity index (χ0) is 13.7. The summed E-state index contributed by atoms with van der Waals surface area (Å²) in [7, 11) is 0. The molecule has 98 valence electrons. The van der Waals surface area contributed by atoms with Gasteiger partial charge >= 0.3 is 0 Å². The van der Waals surface area contributed by atoms with Gasteiger partial charge in [0, 0.05) is 17.1 Å². The van der Waals surface area contributed by atoms with Gasteiger partial charge in [0.2, 0.25) is 0 Å². The molecular weight excluding hydrogens is 258 g/mol. The van der Waals surface area contributed by atoms with Gasteiger partial charge in [0.05, 0.1) is 6.04 Å². The molecule has 0 aromatic heterocycles. The number of nitrogens with one attached hydrogen (secondary N) is 1. The van der Waals surface area contributed by atoms with Crippen LogP contribution in [0.1, 0.15) is 24.9 Å². The molecule has 1 unspecified atom stereocenters. The summed E-state index contributed by atoms with van der Waals surface area (Å²) in [6.07, 6.45) is 0.455. The van der Waals surface area contributed by atoms with E-state index in [9.17, 15) is 4.79 Å². The summed E-state index contributed by atoms with van der Waals surface area (Å²) in [6, 6.07) is 17.4. The molecule has 0 aliphatic carbocycles. The number of ketones is 1. The smallest absolute Gasteiger partial charge is 0.132 e. The summed E-state index contributed by atoms with van der Waals surface area (Å²) in [5, 5.41) is 4.08. The number of halogens is 1. The Morgan fingerprint density at radius 2 is 1.74 bits per heavy atom. The first-order chi connectivity index (χ1) is 9.15. The van der Waals surface area contributed by atoms with Gasteiger partial charge < -0.3 is 5.32 Å². The number of carbonyl (C=O) groups excluding carboxylic acids is 1. The van der Waals surface area contributed by atoms with Crippen molar-refractivity contribution in [1.29, 1.82) is 0 Å². The van der Waals surface area contributed by atoms with Crippen LogP contribution in [0.25, 0.3) is 0 Å². The first kappa shape index (κ1) is 13.6. The van der Waals surface area contributed by atoms with E-state index < -0.39 is 0 Å². The van der Waals surface area contributed by atoms with Gasteiger partial charge in [-0.05, 0) is 36.8 Å². The Hall–Kier alpha value is -1.80. The monoisotopic (exact) mass is 273 g/mol. The minimum atomic E-state index is -0.0304. The fraction of sp³-hybridized carbons (Fsp3) is 0.188. The van der Waals surface area contributed by atoms with Crippen molar-refractivity contribution in [2.24, 2.45) is 0 Å². The Labute approximate surface area is 118 Å². The van der Waals surface area contributed by atoms with Gasteiger partial charge in [-0.1, -0.05) is 41.9 Å². The van der Waals surface area contributed by atoms with E-state index in [0.717, 1.165) is 11.3 Å². The van der Waals surface area contributed by atoms with Gasteiger partial charge in [-0.25, -0.2) is 0 Å². The van der Waals surface area contributed by atoms with Crippen LogP contribution in [0.2, 0.25) is 5.02 Å². The molecule has 19 heavy (non-hydrogen) atoms. The maximum atomic E-state index is 11.4. The molecule has 1 atom stereocenters. The first-order valence-corrected chi connectivity index (χ1v) is 6.59. The van der Waals surface area contributed by atoms with E-state index in [1.54, 1.807) is 6.92 Å². The lowest BCUT2D eigenvalue weighted by atomic mass is 10.0. The summed E-state index contributed by atoms with van der Waals surface area (Å²) in [5.74, 6) is 0.156. The standard InChI is InChI=1S/C16H16ClNO/c1-12(19)11-16(13-7-9-14(17)10-8-13)18-15-5-3-2-4-6-15/h2-10,16,18H,11H2,1H3. The Morgan fingerprint density at radius 1 is 1.11 bits per heavy atom. The molecule has 0 radical (unpaired) electrons. The minimum absolute atomic E-state index is 0.0304. The predicted molar refractivity (Wildman–Crippen MR) is 79.6 cm³/mol. The molecule has 0 saturated carbocycles. The zero-order valence-electron chi connectivity index (χ0n) is 10.8. The summed E-state index contributed by atoms with van der Waals surface area (Å²) >= 11 is 5.89.